The van der Waals surface area contributed by atoms with Gasteiger partial charge in [-0.3, -0.25) is 0 Å². The predicted molar refractivity (Wildman–Crippen MR) is 72.0 cm³/mol. The molecule has 0 aliphatic carbocycles. The van der Waals surface area contributed by atoms with Gasteiger partial charge < -0.3 is 15.2 Å². The van der Waals surface area contributed by atoms with Gasteiger partial charge in [-0.05, 0) is 31.5 Å². The lowest BCUT2D eigenvalue weighted by molar-refractivity contribution is -0.143. The summed E-state index contributed by atoms with van der Waals surface area (Å²) in [6.07, 6.45) is -5.89. The predicted octanol–water partition coefficient (Wildman–Crippen LogP) is 2.22. The minimum Gasteiger partial charge on any atom is -0.467 e. The number of halogens is 3. The maximum Gasteiger partial charge on any atom is 0.418 e. The summed E-state index contributed by atoms with van der Waals surface area (Å²) in [6.45, 7) is 2.49. The van der Waals surface area contributed by atoms with Gasteiger partial charge in [-0.1, -0.05) is 0 Å². The first-order valence-corrected chi connectivity index (χ1v) is 6.26. The van der Waals surface area contributed by atoms with Crippen molar-refractivity contribution in [3.8, 4) is 6.07 Å². The fourth-order valence-corrected chi connectivity index (χ4v) is 2.00. The number of nitrogens with one attached hydrogen (secondary N) is 1. The lowest BCUT2D eigenvalue weighted by atomic mass is 9.99. The first-order valence-electron chi connectivity index (χ1n) is 6.26. The van der Waals surface area contributed by atoms with Crippen LogP contribution in [0.15, 0.2) is 12.1 Å². The highest BCUT2D eigenvalue weighted by Crippen LogP contribution is 2.37. The highest BCUT2D eigenvalue weighted by atomic mass is 19.4. The molecule has 0 radical (unpaired) electrons. The van der Waals surface area contributed by atoms with Gasteiger partial charge in [0.25, 0.3) is 0 Å². The smallest absolute Gasteiger partial charge is 0.418 e. The minimum absolute atomic E-state index is 0.0115. The summed E-state index contributed by atoms with van der Waals surface area (Å²) in [5.41, 5.74) is -1.83. The summed E-state index contributed by atoms with van der Waals surface area (Å²) in [6, 6.07) is 2.53. The number of benzene rings is 1. The number of hydrogen-bond donors (Lipinski definition) is 2. The molecule has 0 aliphatic rings. The van der Waals surface area contributed by atoms with Crippen LogP contribution in [-0.2, 0) is 15.7 Å². The number of carbonyl (C=O) groups is 1. The second-order valence-corrected chi connectivity index (χ2v) is 4.66. The van der Waals surface area contributed by atoms with E-state index in [1.165, 1.54) is 26.0 Å². The molecular formula is C14H15F3N2O3. The van der Waals surface area contributed by atoms with E-state index in [1.807, 2.05) is 0 Å². The SMILES string of the molecule is COC(=O)[C@@H](Nc1ccc(C#N)c(C(F)(F)F)c1C)[C@H](C)O. The van der Waals surface area contributed by atoms with Crippen LogP contribution in [0.2, 0.25) is 0 Å². The third-order valence-electron chi connectivity index (χ3n) is 3.12. The van der Waals surface area contributed by atoms with Gasteiger partial charge in [0, 0.05) is 5.69 Å². The van der Waals surface area contributed by atoms with Crippen LogP contribution in [0.4, 0.5) is 18.9 Å². The monoisotopic (exact) mass is 316 g/mol. The van der Waals surface area contributed by atoms with Crippen LogP contribution in [0.3, 0.4) is 0 Å². The first-order chi connectivity index (χ1) is 10.1. The van der Waals surface area contributed by atoms with Gasteiger partial charge in [0.05, 0.1) is 30.4 Å². The number of rotatable bonds is 4. The molecule has 0 unspecified atom stereocenters. The Hall–Kier alpha value is -2.27. The number of aliphatic hydroxyl groups excluding tert-OH is 1. The van der Waals surface area contributed by atoms with Gasteiger partial charge in [0.1, 0.15) is 0 Å². The number of carbonyl (C=O) groups excluding carboxylic acids is 1. The van der Waals surface area contributed by atoms with Gasteiger partial charge >= 0.3 is 12.1 Å². The molecule has 0 bridgehead atoms. The van der Waals surface area contributed by atoms with Crippen LogP contribution < -0.4 is 5.32 Å². The quantitative estimate of drug-likeness (QED) is 0.832. The van der Waals surface area contributed by atoms with Gasteiger partial charge in [0.15, 0.2) is 6.04 Å². The fraction of sp³-hybridized carbons (Fsp3) is 0.429. The standard InChI is InChI=1S/C14H15F3N2O3/c1-7-10(19-12(8(2)20)13(21)22-3)5-4-9(6-18)11(7)14(15,16)17/h4-5,8,12,19-20H,1-3H3/t8-,12-/m0/s1. The van der Waals surface area contributed by atoms with Crippen molar-refractivity contribution in [1.29, 1.82) is 5.26 Å². The third-order valence-corrected chi connectivity index (χ3v) is 3.12. The Bertz CT molecular complexity index is 607. The summed E-state index contributed by atoms with van der Waals surface area (Å²) in [5, 5.41) is 20.9. The van der Waals surface area contributed by atoms with Crippen molar-refractivity contribution < 1.29 is 27.8 Å². The van der Waals surface area contributed by atoms with Gasteiger partial charge in [0.2, 0.25) is 0 Å². The van der Waals surface area contributed by atoms with E-state index in [2.05, 4.69) is 10.1 Å². The van der Waals surface area contributed by atoms with Crippen molar-refractivity contribution in [3.05, 3.63) is 28.8 Å². The van der Waals surface area contributed by atoms with E-state index in [0.29, 0.717) is 0 Å². The van der Waals surface area contributed by atoms with Crippen molar-refractivity contribution in [1.82, 2.24) is 0 Å². The van der Waals surface area contributed by atoms with Crippen LogP contribution in [0, 0.1) is 18.3 Å². The van der Waals surface area contributed by atoms with Crippen molar-refractivity contribution >= 4 is 11.7 Å². The number of hydrogen-bond acceptors (Lipinski definition) is 5. The number of methoxy groups -OCH3 is 1. The Morgan fingerprint density at radius 1 is 1.45 bits per heavy atom. The van der Waals surface area contributed by atoms with E-state index in [4.69, 9.17) is 5.26 Å². The van der Waals surface area contributed by atoms with Crippen LogP contribution in [0.25, 0.3) is 0 Å². The number of aliphatic hydroxyl groups is 1. The highest BCUT2D eigenvalue weighted by Gasteiger charge is 2.37. The zero-order valence-electron chi connectivity index (χ0n) is 12.2. The van der Waals surface area contributed by atoms with Crippen LogP contribution >= 0.6 is 0 Å². The molecule has 0 aromatic heterocycles. The van der Waals surface area contributed by atoms with Crippen molar-refractivity contribution in [2.24, 2.45) is 0 Å². The van der Waals surface area contributed by atoms with E-state index in [1.54, 1.807) is 0 Å². The molecule has 0 saturated carbocycles. The number of nitrogens with zero attached hydrogens (tertiary/aromatic N) is 1. The van der Waals surface area contributed by atoms with E-state index >= 15 is 0 Å². The molecule has 120 valence electrons. The maximum atomic E-state index is 13.1. The molecule has 1 aromatic rings. The summed E-state index contributed by atoms with van der Waals surface area (Å²) >= 11 is 0. The van der Waals surface area contributed by atoms with Crippen LogP contribution in [-0.4, -0.2) is 30.3 Å². The van der Waals surface area contributed by atoms with Crippen molar-refractivity contribution in [2.45, 2.75) is 32.2 Å². The van der Waals surface area contributed by atoms with E-state index < -0.39 is 35.4 Å². The number of alkyl halides is 3. The topological polar surface area (TPSA) is 82.3 Å². The number of ether oxygens (including phenoxy) is 1. The van der Waals surface area contributed by atoms with Gasteiger partial charge in [-0.2, -0.15) is 18.4 Å². The molecule has 0 spiro atoms. The minimum atomic E-state index is -4.71. The normalized spacial score (nSPS) is 13.9. The molecule has 8 heteroatoms. The Morgan fingerprint density at radius 3 is 2.45 bits per heavy atom. The van der Waals surface area contributed by atoms with E-state index in [9.17, 15) is 23.1 Å². The number of anilines is 1. The fourth-order valence-electron chi connectivity index (χ4n) is 2.00. The van der Waals surface area contributed by atoms with E-state index in [-0.39, 0.29) is 11.3 Å². The molecule has 5 nitrogen and oxygen atoms in total. The Labute approximate surface area is 125 Å². The third kappa shape index (κ3) is 3.68. The molecule has 0 amide bonds. The zero-order valence-corrected chi connectivity index (χ0v) is 12.2. The van der Waals surface area contributed by atoms with Crippen molar-refractivity contribution in [2.75, 3.05) is 12.4 Å². The number of nitriles is 1. The molecule has 1 aromatic carbocycles. The summed E-state index contributed by atoms with van der Waals surface area (Å²) in [4.78, 5) is 11.6. The molecule has 2 atom stereocenters. The lowest BCUT2D eigenvalue weighted by Crippen LogP contribution is -2.40. The zero-order chi connectivity index (χ0) is 17.1. The Balaban J connectivity index is 3.33. The second kappa shape index (κ2) is 6.66. The van der Waals surface area contributed by atoms with Crippen LogP contribution in [0.5, 0.6) is 0 Å². The van der Waals surface area contributed by atoms with Crippen LogP contribution in [0.1, 0.15) is 23.6 Å². The summed E-state index contributed by atoms with van der Waals surface area (Å²) in [5.74, 6) is -0.813. The molecular weight excluding hydrogens is 301 g/mol. The second-order valence-electron chi connectivity index (χ2n) is 4.66. The summed E-state index contributed by atoms with van der Waals surface area (Å²) in [7, 11) is 1.10. The molecule has 1 rings (SSSR count). The average Bonchev–Trinajstić information content (AvgIpc) is 2.42. The average molecular weight is 316 g/mol. The number of esters is 1. The molecule has 0 saturated heterocycles. The lowest BCUT2D eigenvalue weighted by Gasteiger charge is -2.23. The van der Waals surface area contributed by atoms with Crippen molar-refractivity contribution in [3.63, 3.8) is 0 Å². The van der Waals surface area contributed by atoms with E-state index in [0.717, 1.165) is 13.2 Å². The van der Waals surface area contributed by atoms with Gasteiger partial charge in [-0.15, -0.1) is 0 Å². The largest absolute Gasteiger partial charge is 0.467 e. The molecule has 0 fully saturated rings. The highest BCUT2D eigenvalue weighted by molar-refractivity contribution is 5.80. The molecule has 2 N–H and O–H groups in total. The molecule has 0 heterocycles. The maximum absolute atomic E-state index is 13.1. The van der Waals surface area contributed by atoms with Gasteiger partial charge in [-0.25, -0.2) is 4.79 Å². The molecule has 22 heavy (non-hydrogen) atoms. The summed E-state index contributed by atoms with van der Waals surface area (Å²) < 4.78 is 43.7. The Kier molecular flexibility index (Phi) is 5.38. The molecule has 0 aliphatic heterocycles. The first kappa shape index (κ1) is 17.8. The Morgan fingerprint density at radius 2 is 2.05 bits per heavy atom.